The van der Waals surface area contributed by atoms with Gasteiger partial charge in [0.05, 0.1) is 17.4 Å². The molecular formula is C9H11BIN3. The molecule has 0 fully saturated rings. The molecule has 0 bridgehead atoms. The van der Waals surface area contributed by atoms with Gasteiger partial charge in [0.1, 0.15) is 13.7 Å². The van der Waals surface area contributed by atoms with Crippen LogP contribution in [0.25, 0.3) is 5.52 Å². The predicted octanol–water partition coefficient (Wildman–Crippen LogP) is 1.28. The molecule has 0 aliphatic heterocycles. The molecule has 0 radical (unpaired) electrons. The van der Waals surface area contributed by atoms with E-state index in [-0.39, 0.29) is 3.32 Å². The Labute approximate surface area is 97.5 Å². The molecule has 2 aromatic heterocycles. The monoisotopic (exact) mass is 299 g/mol. The van der Waals surface area contributed by atoms with Crippen molar-refractivity contribution in [2.45, 2.75) is 17.2 Å². The number of aryl methyl sites for hydroxylation is 1. The lowest BCUT2D eigenvalue weighted by molar-refractivity contribution is 0.784. The number of aromatic nitrogens is 3. The van der Waals surface area contributed by atoms with Gasteiger partial charge in [0.2, 0.25) is 0 Å². The van der Waals surface area contributed by atoms with Crippen LogP contribution >= 0.6 is 22.6 Å². The fraction of sp³-hybridized carbons (Fsp3) is 0.333. The van der Waals surface area contributed by atoms with Crippen molar-refractivity contribution < 1.29 is 0 Å². The molecule has 14 heavy (non-hydrogen) atoms. The van der Waals surface area contributed by atoms with Crippen molar-refractivity contribution in [1.29, 1.82) is 0 Å². The molecule has 0 amide bonds. The summed E-state index contributed by atoms with van der Waals surface area (Å²) in [6, 6.07) is 4.04. The molecule has 3 nitrogen and oxygen atoms in total. The van der Waals surface area contributed by atoms with Crippen molar-refractivity contribution in [2.24, 2.45) is 0 Å². The minimum Gasteiger partial charge on any atom is -0.238 e. The molecule has 0 aromatic carbocycles. The van der Waals surface area contributed by atoms with Crippen molar-refractivity contribution in [3.63, 3.8) is 0 Å². The Bertz CT molecular complexity index is 472. The number of hydrogen-bond acceptors (Lipinski definition) is 2. The molecule has 0 aliphatic rings. The second-order valence-electron chi connectivity index (χ2n) is 3.87. The van der Waals surface area contributed by atoms with E-state index in [2.05, 4.69) is 47.4 Å². The van der Waals surface area contributed by atoms with E-state index in [1.54, 1.807) is 0 Å². The van der Waals surface area contributed by atoms with E-state index < -0.39 is 0 Å². The molecule has 0 saturated heterocycles. The van der Waals surface area contributed by atoms with Gasteiger partial charge in [-0.2, -0.15) is 5.10 Å². The zero-order chi connectivity index (χ0) is 10.3. The van der Waals surface area contributed by atoms with Gasteiger partial charge < -0.3 is 0 Å². The lowest BCUT2D eigenvalue weighted by Crippen LogP contribution is -2.17. The molecule has 2 aromatic rings. The Morgan fingerprint density at radius 1 is 1.50 bits per heavy atom. The van der Waals surface area contributed by atoms with E-state index in [1.165, 1.54) is 0 Å². The van der Waals surface area contributed by atoms with Crippen molar-refractivity contribution >= 4 is 36.0 Å². The summed E-state index contributed by atoms with van der Waals surface area (Å²) in [5.41, 5.74) is 2.06. The SMILES string of the molecule is BC(C)(I)c1ncc2ccc(C)nn12. The molecule has 0 N–H and O–H groups in total. The molecule has 2 rings (SSSR count). The molecular weight excluding hydrogens is 288 g/mol. The third-order valence-electron chi connectivity index (χ3n) is 2.05. The number of rotatable bonds is 1. The van der Waals surface area contributed by atoms with Crippen LogP contribution in [0.2, 0.25) is 0 Å². The highest BCUT2D eigenvalue weighted by atomic mass is 127. The Hall–Kier alpha value is -0.585. The second kappa shape index (κ2) is 3.22. The quantitative estimate of drug-likeness (QED) is 0.451. The lowest BCUT2D eigenvalue weighted by Gasteiger charge is -2.13. The normalized spacial score (nSPS) is 15.6. The number of hydrogen-bond donors (Lipinski definition) is 0. The van der Waals surface area contributed by atoms with Gasteiger partial charge in [-0.05, 0) is 19.1 Å². The molecule has 5 heteroatoms. The van der Waals surface area contributed by atoms with Crippen LogP contribution in [0.15, 0.2) is 18.3 Å². The minimum atomic E-state index is 0.00493. The summed E-state index contributed by atoms with van der Waals surface area (Å²) in [4.78, 5) is 4.40. The standard InChI is InChI=1S/C9H11BIN3/c1-6-3-4-7-5-12-8(9(2,10)11)14(7)13-6/h3-5H,10H2,1-2H3. The smallest absolute Gasteiger partial charge is 0.137 e. The Kier molecular flexibility index (Phi) is 2.29. The van der Waals surface area contributed by atoms with Gasteiger partial charge in [-0.1, -0.05) is 29.5 Å². The summed E-state index contributed by atoms with van der Waals surface area (Å²) in [6.45, 7) is 4.12. The average molecular weight is 299 g/mol. The molecule has 0 saturated carbocycles. The van der Waals surface area contributed by atoms with Gasteiger partial charge in [-0.25, -0.2) is 9.50 Å². The average Bonchev–Trinajstić information content (AvgIpc) is 2.45. The second-order valence-corrected chi connectivity index (χ2v) is 6.56. The first-order valence-corrected chi connectivity index (χ1v) is 5.57. The van der Waals surface area contributed by atoms with Crippen LogP contribution in [0, 0.1) is 6.92 Å². The third kappa shape index (κ3) is 1.65. The summed E-state index contributed by atoms with van der Waals surface area (Å²) in [5.74, 6) is 0.997. The zero-order valence-corrected chi connectivity index (χ0v) is 10.6. The van der Waals surface area contributed by atoms with Gasteiger partial charge in [-0.15, -0.1) is 0 Å². The number of alkyl halides is 1. The van der Waals surface area contributed by atoms with Crippen LogP contribution in [0.4, 0.5) is 0 Å². The maximum Gasteiger partial charge on any atom is 0.137 e. The van der Waals surface area contributed by atoms with E-state index in [9.17, 15) is 0 Å². The number of fused-ring (bicyclic) bond motifs is 1. The highest BCUT2D eigenvalue weighted by Crippen LogP contribution is 2.26. The Balaban J connectivity index is 2.73. The van der Waals surface area contributed by atoms with Crippen molar-refractivity contribution in [3.8, 4) is 0 Å². The number of imidazole rings is 1. The summed E-state index contributed by atoms with van der Waals surface area (Å²) >= 11 is 2.38. The van der Waals surface area contributed by atoms with E-state index >= 15 is 0 Å². The van der Waals surface area contributed by atoms with E-state index in [4.69, 9.17) is 0 Å². The molecule has 0 aliphatic carbocycles. The third-order valence-corrected chi connectivity index (χ3v) is 2.53. The van der Waals surface area contributed by atoms with Crippen LogP contribution in [0.1, 0.15) is 18.4 Å². The maximum atomic E-state index is 4.45. The molecule has 1 unspecified atom stereocenters. The van der Waals surface area contributed by atoms with Crippen LogP contribution < -0.4 is 0 Å². The molecule has 1 atom stereocenters. The van der Waals surface area contributed by atoms with Crippen LogP contribution in [0.3, 0.4) is 0 Å². The van der Waals surface area contributed by atoms with Crippen molar-refractivity contribution in [3.05, 3.63) is 29.8 Å². The van der Waals surface area contributed by atoms with E-state index in [1.807, 2.05) is 29.8 Å². The summed E-state index contributed by atoms with van der Waals surface area (Å²) in [7, 11) is 2.13. The summed E-state index contributed by atoms with van der Waals surface area (Å²) in [6.07, 6.45) is 1.86. The summed E-state index contributed by atoms with van der Waals surface area (Å²) in [5, 5.41) is 4.45. The van der Waals surface area contributed by atoms with Crippen LogP contribution in [0.5, 0.6) is 0 Å². The highest BCUT2D eigenvalue weighted by molar-refractivity contribution is 14.1. The van der Waals surface area contributed by atoms with Crippen molar-refractivity contribution in [2.75, 3.05) is 0 Å². The Morgan fingerprint density at radius 3 is 2.86 bits per heavy atom. The van der Waals surface area contributed by atoms with Gasteiger partial charge >= 0.3 is 0 Å². The topological polar surface area (TPSA) is 30.2 Å². The molecule has 0 spiro atoms. The maximum absolute atomic E-state index is 4.45. The number of halogens is 1. The van der Waals surface area contributed by atoms with Crippen LogP contribution in [-0.4, -0.2) is 22.4 Å². The summed E-state index contributed by atoms with van der Waals surface area (Å²) < 4.78 is 1.92. The minimum absolute atomic E-state index is 0.00493. The van der Waals surface area contributed by atoms with Crippen molar-refractivity contribution in [1.82, 2.24) is 14.6 Å². The first kappa shape index (κ1) is 9.95. The van der Waals surface area contributed by atoms with Gasteiger partial charge in [0.15, 0.2) is 0 Å². The highest BCUT2D eigenvalue weighted by Gasteiger charge is 2.22. The lowest BCUT2D eigenvalue weighted by atomic mass is 9.89. The van der Waals surface area contributed by atoms with E-state index in [0.717, 1.165) is 17.0 Å². The van der Waals surface area contributed by atoms with Gasteiger partial charge in [-0.3, -0.25) is 0 Å². The predicted molar refractivity (Wildman–Crippen MR) is 67.6 cm³/mol. The first-order chi connectivity index (χ1) is 6.48. The molecule has 72 valence electrons. The Morgan fingerprint density at radius 2 is 2.21 bits per heavy atom. The van der Waals surface area contributed by atoms with Crippen LogP contribution in [-0.2, 0) is 3.32 Å². The number of nitrogens with zero attached hydrogens (tertiary/aromatic N) is 3. The zero-order valence-electron chi connectivity index (χ0n) is 8.45. The molecule has 2 heterocycles. The van der Waals surface area contributed by atoms with Gasteiger partial charge in [0, 0.05) is 3.32 Å². The van der Waals surface area contributed by atoms with E-state index in [0.29, 0.717) is 0 Å². The van der Waals surface area contributed by atoms with Gasteiger partial charge in [0.25, 0.3) is 0 Å². The fourth-order valence-corrected chi connectivity index (χ4v) is 1.75. The largest absolute Gasteiger partial charge is 0.238 e. The first-order valence-electron chi connectivity index (χ1n) is 4.49. The fourth-order valence-electron chi connectivity index (χ4n) is 1.38.